The first-order chi connectivity index (χ1) is 4.11. The van der Waals surface area contributed by atoms with E-state index in [1.165, 1.54) is 19.3 Å². The van der Waals surface area contributed by atoms with Gasteiger partial charge in [-0.3, -0.25) is 0 Å². The zero-order valence-electron chi connectivity index (χ0n) is 6.70. The molecule has 52 valence electrons. The van der Waals surface area contributed by atoms with Crippen LogP contribution in [0.3, 0.4) is 0 Å². The molecule has 0 nitrogen and oxygen atoms in total. The third-order valence-corrected chi connectivity index (χ3v) is 4.52. The third-order valence-electron chi connectivity index (χ3n) is 4.52. The van der Waals surface area contributed by atoms with Crippen molar-refractivity contribution in [2.24, 2.45) is 16.7 Å². The van der Waals surface area contributed by atoms with Gasteiger partial charge in [0.2, 0.25) is 0 Å². The van der Waals surface area contributed by atoms with E-state index in [4.69, 9.17) is 0 Å². The van der Waals surface area contributed by atoms with Gasteiger partial charge in [-0.1, -0.05) is 27.2 Å². The van der Waals surface area contributed by atoms with Crippen LogP contribution in [-0.2, 0) is 0 Å². The average Bonchev–Trinajstić information content (AvgIpc) is 2.20. The summed E-state index contributed by atoms with van der Waals surface area (Å²) in [4.78, 5) is 0. The van der Waals surface area contributed by atoms with Crippen LogP contribution in [0, 0.1) is 16.7 Å². The molecule has 2 atom stereocenters. The predicted molar refractivity (Wildman–Crippen MR) is 39.2 cm³/mol. The smallest absolute Gasteiger partial charge is 0.0238 e. The quantitative estimate of drug-likeness (QED) is 0.466. The van der Waals surface area contributed by atoms with Gasteiger partial charge >= 0.3 is 0 Å². The van der Waals surface area contributed by atoms with Crippen LogP contribution in [0.25, 0.3) is 0 Å². The van der Waals surface area contributed by atoms with Crippen molar-refractivity contribution in [3.05, 3.63) is 0 Å². The number of rotatable bonds is 0. The molecule has 2 saturated carbocycles. The van der Waals surface area contributed by atoms with Gasteiger partial charge in [0.25, 0.3) is 0 Å². The van der Waals surface area contributed by atoms with E-state index in [1.807, 2.05) is 0 Å². The maximum atomic E-state index is 2.46. The first-order valence-corrected chi connectivity index (χ1v) is 4.11. The highest BCUT2D eigenvalue weighted by atomic mass is 14.7. The van der Waals surface area contributed by atoms with E-state index in [1.54, 1.807) is 0 Å². The summed E-state index contributed by atoms with van der Waals surface area (Å²) in [5.41, 5.74) is 1.51. The minimum absolute atomic E-state index is 0.757. The van der Waals surface area contributed by atoms with Gasteiger partial charge < -0.3 is 0 Å². The molecule has 2 unspecified atom stereocenters. The molecule has 0 heteroatoms. The van der Waals surface area contributed by atoms with Crippen LogP contribution in [-0.4, -0.2) is 0 Å². The van der Waals surface area contributed by atoms with Crippen molar-refractivity contribution >= 4 is 0 Å². The lowest BCUT2D eigenvalue weighted by molar-refractivity contribution is 0.457. The first-order valence-electron chi connectivity index (χ1n) is 4.11. The summed E-state index contributed by atoms with van der Waals surface area (Å²) in [7, 11) is 0. The van der Waals surface area contributed by atoms with E-state index in [0.717, 1.165) is 16.7 Å². The van der Waals surface area contributed by atoms with Gasteiger partial charge in [0.1, 0.15) is 0 Å². The Kier molecular flexibility index (Phi) is 0.774. The first kappa shape index (κ1) is 5.76. The van der Waals surface area contributed by atoms with Gasteiger partial charge in [0, 0.05) is 0 Å². The summed E-state index contributed by atoms with van der Waals surface area (Å²) in [6, 6.07) is 0. The summed E-state index contributed by atoms with van der Waals surface area (Å²) in [5.74, 6) is 1.01. The highest BCUT2D eigenvalue weighted by Gasteiger charge is 2.69. The average molecular weight is 124 g/mol. The topological polar surface area (TPSA) is 0 Å². The molecule has 2 aliphatic carbocycles. The predicted octanol–water partition coefficient (Wildman–Crippen LogP) is 2.83. The summed E-state index contributed by atoms with van der Waals surface area (Å²) in [6.45, 7) is 7.34. The van der Waals surface area contributed by atoms with E-state index in [-0.39, 0.29) is 0 Å². The Labute approximate surface area is 57.6 Å². The molecule has 0 aliphatic heterocycles. The Morgan fingerprint density at radius 2 is 1.56 bits per heavy atom. The summed E-state index contributed by atoms with van der Waals surface area (Å²) in [5, 5.41) is 0. The van der Waals surface area contributed by atoms with Crippen molar-refractivity contribution in [1.29, 1.82) is 0 Å². The van der Waals surface area contributed by atoms with E-state index < -0.39 is 0 Å². The van der Waals surface area contributed by atoms with Crippen molar-refractivity contribution in [3.8, 4) is 0 Å². The molecule has 0 amide bonds. The molecule has 0 aromatic rings. The lowest BCUT2D eigenvalue weighted by Crippen LogP contribution is -1.95. The van der Waals surface area contributed by atoms with Crippen molar-refractivity contribution in [3.63, 3.8) is 0 Å². The van der Waals surface area contributed by atoms with Crippen LogP contribution in [0.4, 0.5) is 0 Å². The van der Waals surface area contributed by atoms with E-state index in [2.05, 4.69) is 20.8 Å². The van der Waals surface area contributed by atoms with Crippen molar-refractivity contribution in [2.75, 3.05) is 0 Å². The third kappa shape index (κ3) is 0.395. The maximum absolute atomic E-state index is 2.46. The Bertz CT molecular complexity index is 134. The second-order valence-electron chi connectivity index (χ2n) is 4.41. The molecule has 9 heavy (non-hydrogen) atoms. The molecule has 2 rings (SSSR count). The van der Waals surface area contributed by atoms with E-state index >= 15 is 0 Å². The highest BCUT2D eigenvalue weighted by molar-refractivity contribution is 5.18. The molecule has 0 N–H and O–H groups in total. The van der Waals surface area contributed by atoms with Crippen LogP contribution in [0.2, 0.25) is 0 Å². The zero-order valence-corrected chi connectivity index (χ0v) is 6.70. The van der Waals surface area contributed by atoms with Gasteiger partial charge in [-0.15, -0.1) is 0 Å². The van der Waals surface area contributed by atoms with E-state index in [0.29, 0.717) is 0 Å². The van der Waals surface area contributed by atoms with Crippen molar-refractivity contribution in [2.45, 2.75) is 40.0 Å². The largest absolute Gasteiger partial charge is 0.0614 e. The van der Waals surface area contributed by atoms with Crippen LogP contribution < -0.4 is 0 Å². The fourth-order valence-electron chi connectivity index (χ4n) is 3.07. The Morgan fingerprint density at radius 1 is 1.11 bits per heavy atom. The monoisotopic (exact) mass is 124 g/mol. The SMILES string of the molecule is CC1C2(C)CCCC12C. The maximum Gasteiger partial charge on any atom is -0.0238 e. The minimum atomic E-state index is 0.757. The molecule has 0 saturated heterocycles. The fourth-order valence-corrected chi connectivity index (χ4v) is 3.07. The molecule has 0 spiro atoms. The summed E-state index contributed by atoms with van der Waals surface area (Å²) >= 11 is 0. The molecular formula is C9H16. The number of fused-ring (bicyclic) bond motifs is 1. The van der Waals surface area contributed by atoms with Crippen LogP contribution in [0.15, 0.2) is 0 Å². The molecule has 0 aromatic carbocycles. The van der Waals surface area contributed by atoms with Crippen LogP contribution in [0.5, 0.6) is 0 Å². The second-order valence-corrected chi connectivity index (χ2v) is 4.41. The lowest BCUT2D eigenvalue weighted by Gasteiger charge is -2.03. The normalized spacial score (nSPS) is 63.7. The molecule has 0 radical (unpaired) electrons. The standard InChI is InChI=1S/C9H16/c1-7-8(2)5-4-6-9(7,8)3/h7H,4-6H2,1-3H3. The molecule has 2 aliphatic rings. The molecule has 2 fully saturated rings. The number of hydrogen-bond acceptors (Lipinski definition) is 0. The Morgan fingerprint density at radius 3 is 1.78 bits per heavy atom. The molecule has 0 bridgehead atoms. The lowest BCUT2D eigenvalue weighted by atomic mass is 10.0. The summed E-state index contributed by atoms with van der Waals surface area (Å²) < 4.78 is 0. The van der Waals surface area contributed by atoms with Gasteiger partial charge in [-0.05, 0) is 29.6 Å². The van der Waals surface area contributed by atoms with Gasteiger partial charge in [-0.25, -0.2) is 0 Å². The van der Waals surface area contributed by atoms with Crippen LogP contribution in [0.1, 0.15) is 40.0 Å². The Hall–Kier alpha value is 0. The van der Waals surface area contributed by atoms with E-state index in [9.17, 15) is 0 Å². The minimum Gasteiger partial charge on any atom is -0.0614 e. The zero-order chi connectivity index (χ0) is 6.70. The number of hydrogen-bond donors (Lipinski definition) is 0. The highest BCUT2D eigenvalue weighted by Crippen LogP contribution is 2.77. The van der Waals surface area contributed by atoms with Crippen LogP contribution >= 0.6 is 0 Å². The van der Waals surface area contributed by atoms with Crippen molar-refractivity contribution < 1.29 is 0 Å². The molecule has 0 aromatic heterocycles. The van der Waals surface area contributed by atoms with Gasteiger partial charge in [-0.2, -0.15) is 0 Å². The van der Waals surface area contributed by atoms with Gasteiger partial charge in [0.05, 0.1) is 0 Å². The fraction of sp³-hybridized carbons (Fsp3) is 1.00. The van der Waals surface area contributed by atoms with Crippen molar-refractivity contribution in [1.82, 2.24) is 0 Å². The molecular weight excluding hydrogens is 108 g/mol. The summed E-state index contributed by atoms with van der Waals surface area (Å²) in [6.07, 6.45) is 4.46. The second kappa shape index (κ2) is 1.21. The Balaban J connectivity index is 2.29. The van der Waals surface area contributed by atoms with Gasteiger partial charge in [0.15, 0.2) is 0 Å². The molecule has 0 heterocycles.